The van der Waals surface area contributed by atoms with E-state index in [1.165, 1.54) is 0 Å². The smallest absolute Gasteiger partial charge is 0.243 e. The van der Waals surface area contributed by atoms with Gasteiger partial charge in [0.1, 0.15) is 0 Å². The van der Waals surface area contributed by atoms with Gasteiger partial charge in [-0.2, -0.15) is 4.31 Å². The molecule has 1 heterocycles. The van der Waals surface area contributed by atoms with Crippen LogP contribution in [0, 0.1) is 12.8 Å². The molecule has 2 rings (SSSR count). The molecule has 2 atom stereocenters. The van der Waals surface area contributed by atoms with Crippen LogP contribution in [0.1, 0.15) is 32.3 Å². The maximum absolute atomic E-state index is 12.7. The van der Waals surface area contributed by atoms with Crippen molar-refractivity contribution in [3.8, 4) is 0 Å². The van der Waals surface area contributed by atoms with Crippen molar-refractivity contribution in [3.05, 3.63) is 23.8 Å². The summed E-state index contributed by atoms with van der Waals surface area (Å²) in [5.41, 5.74) is 7.18. The molecule has 1 aliphatic heterocycles. The fourth-order valence-corrected chi connectivity index (χ4v) is 4.39. The largest absolute Gasteiger partial charge is 0.399 e. The lowest BCUT2D eigenvalue weighted by Crippen LogP contribution is -2.44. The number of sulfonamides is 1. The van der Waals surface area contributed by atoms with E-state index in [1.54, 1.807) is 22.5 Å². The highest BCUT2D eigenvalue weighted by Crippen LogP contribution is 2.28. The third-order valence-corrected chi connectivity index (χ3v) is 5.88. The zero-order valence-electron chi connectivity index (χ0n) is 11.8. The molecule has 1 aromatic rings. The van der Waals surface area contributed by atoms with Crippen molar-refractivity contribution >= 4 is 15.7 Å². The molecule has 1 aliphatic rings. The first-order chi connectivity index (χ1) is 8.82. The summed E-state index contributed by atoms with van der Waals surface area (Å²) in [6, 6.07) is 5.00. The normalized spacial score (nSPS) is 25.4. The lowest BCUT2D eigenvalue weighted by atomic mass is 9.97. The van der Waals surface area contributed by atoms with Crippen molar-refractivity contribution in [1.82, 2.24) is 4.31 Å². The summed E-state index contributed by atoms with van der Waals surface area (Å²) in [4.78, 5) is 0.347. The number of rotatable bonds is 2. The van der Waals surface area contributed by atoms with Gasteiger partial charge in [0, 0.05) is 18.3 Å². The molecule has 2 unspecified atom stereocenters. The molecule has 0 spiro atoms. The molecule has 0 aliphatic carbocycles. The first-order valence-corrected chi connectivity index (χ1v) is 8.14. The van der Waals surface area contributed by atoms with E-state index < -0.39 is 10.0 Å². The fraction of sp³-hybridized carbons (Fsp3) is 0.571. The fourth-order valence-electron chi connectivity index (χ4n) is 2.53. The van der Waals surface area contributed by atoms with Gasteiger partial charge in [0.05, 0.1) is 4.90 Å². The molecular formula is C14H22N2O2S. The quantitative estimate of drug-likeness (QED) is 0.847. The Morgan fingerprint density at radius 3 is 2.58 bits per heavy atom. The van der Waals surface area contributed by atoms with Crippen LogP contribution in [-0.2, 0) is 10.0 Å². The standard InChI is InChI=1S/C14H22N2O2S/c1-10-4-5-12(3)16(9-10)19(17,18)13-6-7-14(15)11(2)8-13/h6-8,10,12H,4-5,9,15H2,1-3H3. The van der Waals surface area contributed by atoms with Crippen LogP contribution in [0.3, 0.4) is 0 Å². The van der Waals surface area contributed by atoms with Gasteiger partial charge in [0.2, 0.25) is 10.0 Å². The summed E-state index contributed by atoms with van der Waals surface area (Å²) >= 11 is 0. The van der Waals surface area contributed by atoms with Gasteiger partial charge in [-0.3, -0.25) is 0 Å². The zero-order valence-corrected chi connectivity index (χ0v) is 12.6. The Labute approximate surface area is 115 Å². The average molecular weight is 282 g/mol. The number of hydrogen-bond acceptors (Lipinski definition) is 3. The Kier molecular flexibility index (Phi) is 3.87. The van der Waals surface area contributed by atoms with Gasteiger partial charge in [-0.1, -0.05) is 6.92 Å². The van der Waals surface area contributed by atoms with Crippen LogP contribution in [0.25, 0.3) is 0 Å². The maximum Gasteiger partial charge on any atom is 0.243 e. The minimum Gasteiger partial charge on any atom is -0.399 e. The number of aryl methyl sites for hydroxylation is 1. The predicted molar refractivity (Wildman–Crippen MR) is 77.3 cm³/mol. The SMILES string of the molecule is Cc1cc(S(=O)(=O)N2CC(C)CCC2C)ccc1N. The summed E-state index contributed by atoms with van der Waals surface area (Å²) < 4.78 is 27.0. The van der Waals surface area contributed by atoms with Crippen molar-refractivity contribution < 1.29 is 8.42 Å². The van der Waals surface area contributed by atoms with E-state index in [0.29, 0.717) is 23.0 Å². The first-order valence-electron chi connectivity index (χ1n) is 6.70. The summed E-state index contributed by atoms with van der Waals surface area (Å²) in [6.07, 6.45) is 2.02. The Hall–Kier alpha value is -1.07. The second-order valence-electron chi connectivity index (χ2n) is 5.62. The Balaban J connectivity index is 2.38. The number of anilines is 1. The molecule has 0 aromatic heterocycles. The molecule has 106 valence electrons. The van der Waals surface area contributed by atoms with Crippen molar-refractivity contribution in [2.45, 2.75) is 44.6 Å². The van der Waals surface area contributed by atoms with E-state index in [-0.39, 0.29) is 6.04 Å². The van der Waals surface area contributed by atoms with Crippen LogP contribution >= 0.6 is 0 Å². The second-order valence-corrected chi connectivity index (χ2v) is 7.52. The first kappa shape index (κ1) is 14.3. The van der Waals surface area contributed by atoms with Crippen molar-refractivity contribution in [2.75, 3.05) is 12.3 Å². The van der Waals surface area contributed by atoms with E-state index in [9.17, 15) is 8.42 Å². The number of nitrogen functional groups attached to an aromatic ring is 1. The topological polar surface area (TPSA) is 63.4 Å². The molecule has 2 N–H and O–H groups in total. The molecule has 1 fully saturated rings. The molecule has 0 radical (unpaired) electrons. The minimum atomic E-state index is -3.41. The van der Waals surface area contributed by atoms with Crippen LogP contribution in [0.15, 0.2) is 23.1 Å². The zero-order chi connectivity index (χ0) is 14.2. The van der Waals surface area contributed by atoms with Gasteiger partial charge in [-0.15, -0.1) is 0 Å². The molecule has 0 saturated carbocycles. The Bertz CT molecular complexity index is 569. The van der Waals surface area contributed by atoms with Gasteiger partial charge in [-0.05, 0) is 56.4 Å². The molecule has 5 heteroatoms. The number of piperidine rings is 1. The van der Waals surface area contributed by atoms with Gasteiger partial charge in [0.25, 0.3) is 0 Å². The van der Waals surface area contributed by atoms with Crippen molar-refractivity contribution in [2.24, 2.45) is 5.92 Å². The molecule has 0 bridgehead atoms. The minimum absolute atomic E-state index is 0.0686. The van der Waals surface area contributed by atoms with Gasteiger partial charge < -0.3 is 5.73 Å². The van der Waals surface area contributed by atoms with E-state index in [2.05, 4.69) is 6.92 Å². The lowest BCUT2D eigenvalue weighted by molar-refractivity contribution is 0.218. The summed E-state index contributed by atoms with van der Waals surface area (Å²) in [5.74, 6) is 0.417. The number of benzene rings is 1. The molecular weight excluding hydrogens is 260 g/mol. The van der Waals surface area contributed by atoms with E-state index in [4.69, 9.17) is 5.73 Å². The van der Waals surface area contributed by atoms with Crippen LogP contribution in [0.5, 0.6) is 0 Å². The highest BCUT2D eigenvalue weighted by molar-refractivity contribution is 7.89. The third kappa shape index (κ3) is 2.77. The van der Waals surface area contributed by atoms with Gasteiger partial charge >= 0.3 is 0 Å². The molecule has 1 aromatic carbocycles. The van der Waals surface area contributed by atoms with Crippen LogP contribution in [0.2, 0.25) is 0 Å². The number of hydrogen-bond donors (Lipinski definition) is 1. The summed E-state index contributed by atoms with van der Waals surface area (Å²) in [6.45, 7) is 6.51. The van der Waals surface area contributed by atoms with Gasteiger partial charge in [-0.25, -0.2) is 8.42 Å². The van der Waals surface area contributed by atoms with Crippen molar-refractivity contribution in [1.29, 1.82) is 0 Å². The van der Waals surface area contributed by atoms with Crippen LogP contribution < -0.4 is 5.73 Å². The highest BCUT2D eigenvalue weighted by atomic mass is 32.2. The molecule has 1 saturated heterocycles. The van der Waals surface area contributed by atoms with Gasteiger partial charge in [0.15, 0.2) is 0 Å². The Morgan fingerprint density at radius 2 is 1.95 bits per heavy atom. The Morgan fingerprint density at radius 1 is 1.26 bits per heavy atom. The number of nitrogens with two attached hydrogens (primary N) is 1. The molecule has 4 nitrogen and oxygen atoms in total. The van der Waals surface area contributed by atoms with Crippen molar-refractivity contribution in [3.63, 3.8) is 0 Å². The van der Waals surface area contributed by atoms with E-state index in [0.717, 1.165) is 18.4 Å². The summed E-state index contributed by atoms with van der Waals surface area (Å²) in [7, 11) is -3.41. The van der Waals surface area contributed by atoms with Crippen LogP contribution in [-0.4, -0.2) is 25.3 Å². The average Bonchev–Trinajstić information content (AvgIpc) is 2.35. The predicted octanol–water partition coefficient (Wildman–Crippen LogP) is 2.39. The lowest BCUT2D eigenvalue weighted by Gasteiger charge is -2.35. The van der Waals surface area contributed by atoms with E-state index >= 15 is 0 Å². The maximum atomic E-state index is 12.7. The molecule has 0 amide bonds. The van der Waals surface area contributed by atoms with Crippen LogP contribution in [0.4, 0.5) is 5.69 Å². The molecule has 19 heavy (non-hydrogen) atoms. The third-order valence-electron chi connectivity index (χ3n) is 3.91. The summed E-state index contributed by atoms with van der Waals surface area (Å²) in [5, 5.41) is 0. The number of nitrogens with zero attached hydrogens (tertiary/aromatic N) is 1. The van der Waals surface area contributed by atoms with E-state index in [1.807, 2.05) is 13.8 Å². The highest BCUT2D eigenvalue weighted by Gasteiger charge is 2.33. The monoisotopic (exact) mass is 282 g/mol. The second kappa shape index (κ2) is 5.13.